The van der Waals surface area contributed by atoms with Gasteiger partial charge in [0.1, 0.15) is 0 Å². The molecule has 7 heteroatoms. The number of amides is 1. The molecular weight excluding hydrogens is 326 g/mol. The second-order valence-corrected chi connectivity index (χ2v) is 6.97. The zero-order valence-electron chi connectivity index (χ0n) is 14.8. The van der Waals surface area contributed by atoms with Gasteiger partial charge in [0.25, 0.3) is 0 Å². The Morgan fingerprint density at radius 1 is 1.21 bits per heavy atom. The van der Waals surface area contributed by atoms with Crippen molar-refractivity contribution in [3.05, 3.63) is 29.8 Å². The molecule has 0 fully saturated rings. The second kappa shape index (κ2) is 7.77. The Balaban J connectivity index is 0.00000288. The molecule has 0 spiro atoms. The van der Waals surface area contributed by atoms with Crippen molar-refractivity contribution in [1.29, 1.82) is 0 Å². The van der Waals surface area contributed by atoms with Crippen LogP contribution >= 0.6 is 12.4 Å². The van der Waals surface area contributed by atoms with Gasteiger partial charge in [0.15, 0.2) is 5.82 Å². The summed E-state index contributed by atoms with van der Waals surface area (Å²) in [7, 11) is 0. The Morgan fingerprint density at radius 2 is 1.79 bits per heavy atom. The number of halogens is 1. The molecule has 1 aromatic heterocycles. The van der Waals surface area contributed by atoms with Gasteiger partial charge in [-0.15, -0.1) is 17.5 Å². The fourth-order valence-corrected chi connectivity index (χ4v) is 2.04. The number of rotatable bonds is 4. The maximum absolute atomic E-state index is 12.0. The highest BCUT2D eigenvalue weighted by Gasteiger charge is 2.19. The van der Waals surface area contributed by atoms with Crippen molar-refractivity contribution >= 4 is 24.3 Å². The van der Waals surface area contributed by atoms with E-state index in [0.717, 1.165) is 5.56 Å². The first-order valence-electron chi connectivity index (χ1n) is 7.78. The molecule has 1 heterocycles. The predicted molar refractivity (Wildman–Crippen MR) is 99.2 cm³/mol. The number of hydrogen-bond acceptors (Lipinski definition) is 4. The molecule has 0 saturated heterocycles. The molecule has 2 atom stereocenters. The Bertz CT molecular complexity index is 673. The highest BCUT2D eigenvalue weighted by Crippen LogP contribution is 2.25. The molecule has 0 aliphatic heterocycles. The first kappa shape index (κ1) is 20.1. The lowest BCUT2D eigenvalue weighted by molar-refractivity contribution is -0.119. The molecule has 6 nitrogen and oxygen atoms in total. The molecule has 1 amide bonds. The molecule has 132 valence electrons. The smallest absolute Gasteiger partial charge is 0.249 e. The van der Waals surface area contributed by atoms with E-state index >= 15 is 0 Å². The number of anilines is 1. The van der Waals surface area contributed by atoms with Crippen LogP contribution in [0.15, 0.2) is 24.3 Å². The first-order chi connectivity index (χ1) is 10.7. The lowest BCUT2D eigenvalue weighted by Gasteiger charge is -2.18. The number of nitrogens with one attached hydrogen (secondary N) is 2. The molecule has 2 unspecified atom stereocenters. The van der Waals surface area contributed by atoms with Crippen LogP contribution in [0.1, 0.15) is 40.2 Å². The Hall–Kier alpha value is -1.92. The minimum absolute atomic E-state index is 0. The third-order valence-corrected chi connectivity index (χ3v) is 3.95. The van der Waals surface area contributed by atoms with Crippen LogP contribution in [-0.2, 0) is 10.2 Å². The van der Waals surface area contributed by atoms with E-state index in [2.05, 4.69) is 53.4 Å². The molecule has 0 saturated carbocycles. The van der Waals surface area contributed by atoms with Gasteiger partial charge in [0, 0.05) is 11.6 Å². The molecule has 0 bridgehead atoms. The average molecular weight is 352 g/mol. The SMILES string of the molecule is CC(N)C(C)C(=O)Nc1n[nH]c(-c2ccc(C(C)(C)C)cc2)n1.Cl. The summed E-state index contributed by atoms with van der Waals surface area (Å²) >= 11 is 0. The van der Waals surface area contributed by atoms with E-state index in [4.69, 9.17) is 5.73 Å². The summed E-state index contributed by atoms with van der Waals surface area (Å²) in [5, 5.41) is 9.56. The normalized spacial score (nSPS) is 13.8. The van der Waals surface area contributed by atoms with E-state index in [1.54, 1.807) is 13.8 Å². The van der Waals surface area contributed by atoms with E-state index in [1.165, 1.54) is 5.56 Å². The zero-order chi connectivity index (χ0) is 17.2. The molecule has 24 heavy (non-hydrogen) atoms. The van der Waals surface area contributed by atoms with Gasteiger partial charge < -0.3 is 5.73 Å². The Morgan fingerprint density at radius 3 is 2.29 bits per heavy atom. The summed E-state index contributed by atoms with van der Waals surface area (Å²) in [4.78, 5) is 16.3. The molecular formula is C17H26ClN5O. The Labute approximate surface area is 149 Å². The van der Waals surface area contributed by atoms with Gasteiger partial charge in [-0.05, 0) is 17.9 Å². The molecule has 0 aliphatic carbocycles. The fourth-order valence-electron chi connectivity index (χ4n) is 2.04. The molecule has 0 aliphatic rings. The number of hydrogen-bond donors (Lipinski definition) is 3. The van der Waals surface area contributed by atoms with Crippen molar-refractivity contribution in [2.75, 3.05) is 5.32 Å². The largest absolute Gasteiger partial charge is 0.327 e. The van der Waals surface area contributed by atoms with E-state index in [0.29, 0.717) is 5.82 Å². The fraction of sp³-hybridized carbons (Fsp3) is 0.471. The molecule has 2 rings (SSSR count). The van der Waals surface area contributed by atoms with E-state index in [9.17, 15) is 4.79 Å². The summed E-state index contributed by atoms with van der Waals surface area (Å²) in [6.07, 6.45) is 0. The van der Waals surface area contributed by atoms with Crippen LogP contribution in [0, 0.1) is 5.92 Å². The maximum atomic E-state index is 12.0. The zero-order valence-corrected chi connectivity index (χ0v) is 15.6. The molecule has 4 N–H and O–H groups in total. The van der Waals surface area contributed by atoms with Crippen molar-refractivity contribution < 1.29 is 4.79 Å². The average Bonchev–Trinajstić information content (AvgIpc) is 2.94. The molecule has 0 radical (unpaired) electrons. The van der Waals surface area contributed by atoms with Crippen molar-refractivity contribution in [1.82, 2.24) is 15.2 Å². The number of aromatic nitrogens is 3. The van der Waals surface area contributed by atoms with Crippen LogP contribution < -0.4 is 11.1 Å². The van der Waals surface area contributed by atoms with Crippen LogP contribution in [0.25, 0.3) is 11.4 Å². The number of nitrogens with two attached hydrogens (primary N) is 1. The van der Waals surface area contributed by atoms with Gasteiger partial charge in [0.2, 0.25) is 11.9 Å². The third-order valence-electron chi connectivity index (χ3n) is 3.95. The van der Waals surface area contributed by atoms with Gasteiger partial charge in [-0.1, -0.05) is 52.0 Å². The van der Waals surface area contributed by atoms with Crippen LogP contribution in [-0.4, -0.2) is 27.1 Å². The van der Waals surface area contributed by atoms with Crippen molar-refractivity contribution in [3.63, 3.8) is 0 Å². The van der Waals surface area contributed by atoms with Crippen LogP contribution in [0.4, 0.5) is 5.95 Å². The number of benzene rings is 1. The monoisotopic (exact) mass is 351 g/mol. The number of aromatic amines is 1. The topological polar surface area (TPSA) is 96.7 Å². The summed E-state index contributed by atoms with van der Waals surface area (Å²) < 4.78 is 0. The summed E-state index contributed by atoms with van der Waals surface area (Å²) in [6.45, 7) is 10.1. The summed E-state index contributed by atoms with van der Waals surface area (Å²) in [6, 6.07) is 7.93. The van der Waals surface area contributed by atoms with Crippen molar-refractivity contribution in [2.45, 2.75) is 46.1 Å². The van der Waals surface area contributed by atoms with E-state index in [1.807, 2.05) is 12.1 Å². The van der Waals surface area contributed by atoms with Crippen molar-refractivity contribution in [2.24, 2.45) is 11.7 Å². The van der Waals surface area contributed by atoms with Crippen molar-refractivity contribution in [3.8, 4) is 11.4 Å². The molecule has 2 aromatic rings. The lowest BCUT2D eigenvalue weighted by Crippen LogP contribution is -2.34. The predicted octanol–water partition coefficient (Wildman–Crippen LogP) is 3.11. The number of carbonyl (C=O) groups is 1. The van der Waals surface area contributed by atoms with Crippen LogP contribution in [0.5, 0.6) is 0 Å². The second-order valence-electron chi connectivity index (χ2n) is 6.97. The first-order valence-corrected chi connectivity index (χ1v) is 7.78. The molecule has 1 aromatic carbocycles. The van der Waals surface area contributed by atoms with Crippen LogP contribution in [0.2, 0.25) is 0 Å². The Kier molecular flexibility index (Phi) is 6.51. The quantitative estimate of drug-likeness (QED) is 0.788. The van der Waals surface area contributed by atoms with E-state index in [-0.39, 0.29) is 41.6 Å². The van der Waals surface area contributed by atoms with Gasteiger partial charge in [-0.25, -0.2) is 0 Å². The van der Waals surface area contributed by atoms with Gasteiger partial charge in [-0.3, -0.25) is 15.2 Å². The summed E-state index contributed by atoms with van der Waals surface area (Å²) in [5.74, 6) is 0.392. The summed E-state index contributed by atoms with van der Waals surface area (Å²) in [5.41, 5.74) is 8.00. The minimum Gasteiger partial charge on any atom is -0.327 e. The van der Waals surface area contributed by atoms with Crippen LogP contribution in [0.3, 0.4) is 0 Å². The van der Waals surface area contributed by atoms with Gasteiger partial charge >= 0.3 is 0 Å². The number of carbonyl (C=O) groups excluding carboxylic acids is 1. The number of H-pyrrole nitrogens is 1. The highest BCUT2D eigenvalue weighted by molar-refractivity contribution is 5.91. The van der Waals surface area contributed by atoms with Gasteiger partial charge in [-0.2, -0.15) is 4.98 Å². The van der Waals surface area contributed by atoms with E-state index < -0.39 is 0 Å². The van der Waals surface area contributed by atoms with Gasteiger partial charge in [0.05, 0.1) is 5.92 Å². The maximum Gasteiger partial charge on any atom is 0.249 e. The number of nitrogens with zero attached hydrogens (tertiary/aromatic N) is 2. The highest BCUT2D eigenvalue weighted by atomic mass is 35.5. The minimum atomic E-state index is -0.303. The third kappa shape index (κ3) is 4.79. The standard InChI is InChI=1S/C17H25N5O.ClH/c1-10(11(2)18)15(23)20-16-19-14(21-22-16)12-6-8-13(9-7-12)17(3,4)5;/h6-11H,18H2,1-5H3,(H2,19,20,21,22,23);1H. The lowest BCUT2D eigenvalue weighted by atomic mass is 9.87.